The molecule has 0 aliphatic heterocycles. The molecule has 66 valence electrons. The van der Waals surface area contributed by atoms with Gasteiger partial charge in [-0.2, -0.15) is 0 Å². The van der Waals surface area contributed by atoms with Crippen molar-refractivity contribution in [1.29, 1.82) is 0 Å². The van der Waals surface area contributed by atoms with Crippen LogP contribution in [0.25, 0.3) is 0 Å². The summed E-state index contributed by atoms with van der Waals surface area (Å²) in [6.07, 6.45) is 2.87. The van der Waals surface area contributed by atoms with Gasteiger partial charge in [-0.3, -0.25) is 4.98 Å². The lowest BCUT2D eigenvalue weighted by atomic mass is 10.3. The van der Waals surface area contributed by atoms with Gasteiger partial charge in [0.25, 0.3) is 0 Å². The molecule has 1 rings (SSSR count). The Morgan fingerprint density at radius 3 is 3.00 bits per heavy atom. The minimum atomic E-state index is -0.369. The molecule has 1 heterocycles. The second-order valence-corrected chi connectivity index (χ2v) is 2.74. The second-order valence-electron chi connectivity index (χ2n) is 2.74. The first-order valence-electron chi connectivity index (χ1n) is 3.81. The average molecular weight is 167 g/mol. The van der Waals surface area contributed by atoms with Gasteiger partial charge in [-0.1, -0.05) is 0 Å². The van der Waals surface area contributed by atoms with E-state index < -0.39 is 0 Å². The van der Waals surface area contributed by atoms with Crippen LogP contribution in [0.3, 0.4) is 0 Å². The molecule has 0 aromatic carbocycles. The van der Waals surface area contributed by atoms with Crippen molar-refractivity contribution in [3.8, 4) is 0 Å². The van der Waals surface area contributed by atoms with Crippen LogP contribution in [0.15, 0.2) is 18.5 Å². The van der Waals surface area contributed by atoms with Crippen LogP contribution in [0, 0.1) is 0 Å². The zero-order valence-electron chi connectivity index (χ0n) is 6.99. The Balaban J connectivity index is 2.52. The number of aliphatic hydroxyl groups excluding tert-OH is 1. The van der Waals surface area contributed by atoms with Crippen molar-refractivity contribution < 1.29 is 5.11 Å². The summed E-state index contributed by atoms with van der Waals surface area (Å²) in [5.41, 5.74) is 6.95. The van der Waals surface area contributed by atoms with Crippen LogP contribution in [-0.2, 0) is 0 Å². The fourth-order valence-corrected chi connectivity index (χ4v) is 0.820. The molecular weight excluding hydrogens is 154 g/mol. The third-order valence-electron chi connectivity index (χ3n) is 1.36. The predicted molar refractivity (Wildman–Crippen MR) is 48.8 cm³/mol. The molecule has 0 aliphatic rings. The first-order valence-corrected chi connectivity index (χ1v) is 3.81. The summed E-state index contributed by atoms with van der Waals surface area (Å²) in [7, 11) is 0. The molecule has 0 saturated carbocycles. The summed E-state index contributed by atoms with van der Waals surface area (Å²) in [5.74, 6) is 0. The second kappa shape index (κ2) is 3.92. The Hall–Kier alpha value is -1.29. The van der Waals surface area contributed by atoms with E-state index in [0.29, 0.717) is 12.2 Å². The Bertz CT molecular complexity index is 250. The van der Waals surface area contributed by atoms with E-state index in [9.17, 15) is 0 Å². The molecule has 0 aliphatic carbocycles. The average Bonchev–Trinajstić information content (AvgIpc) is 2.01. The predicted octanol–water partition coefficient (Wildman–Crippen LogP) is 0.456. The van der Waals surface area contributed by atoms with Gasteiger partial charge in [0.05, 0.1) is 23.7 Å². The lowest BCUT2D eigenvalue weighted by molar-refractivity contribution is 0.208. The number of nitrogens with two attached hydrogens (primary N) is 1. The van der Waals surface area contributed by atoms with Crippen molar-refractivity contribution in [1.82, 2.24) is 4.98 Å². The van der Waals surface area contributed by atoms with Crippen molar-refractivity contribution in [3.05, 3.63) is 18.5 Å². The molecular formula is C8H13N3O. The Morgan fingerprint density at radius 2 is 2.42 bits per heavy atom. The molecule has 0 spiro atoms. The number of anilines is 2. The van der Waals surface area contributed by atoms with Crippen LogP contribution in [-0.4, -0.2) is 22.7 Å². The number of nitrogens with zero attached hydrogens (tertiary/aromatic N) is 1. The number of pyridine rings is 1. The van der Waals surface area contributed by atoms with Crippen LogP contribution in [0.1, 0.15) is 6.92 Å². The van der Waals surface area contributed by atoms with E-state index in [-0.39, 0.29) is 6.10 Å². The van der Waals surface area contributed by atoms with Gasteiger partial charge in [-0.15, -0.1) is 0 Å². The van der Waals surface area contributed by atoms with Crippen molar-refractivity contribution in [3.63, 3.8) is 0 Å². The minimum Gasteiger partial charge on any atom is -0.397 e. The van der Waals surface area contributed by atoms with E-state index in [2.05, 4.69) is 10.3 Å². The van der Waals surface area contributed by atoms with Crippen LogP contribution >= 0.6 is 0 Å². The highest BCUT2D eigenvalue weighted by atomic mass is 16.3. The Morgan fingerprint density at radius 1 is 1.67 bits per heavy atom. The summed E-state index contributed by atoms with van der Waals surface area (Å²) >= 11 is 0. The molecule has 0 bridgehead atoms. The van der Waals surface area contributed by atoms with Gasteiger partial charge in [0, 0.05) is 12.7 Å². The van der Waals surface area contributed by atoms with E-state index in [0.717, 1.165) is 5.69 Å². The molecule has 0 radical (unpaired) electrons. The number of nitrogen functional groups attached to an aromatic ring is 1. The summed E-state index contributed by atoms with van der Waals surface area (Å²) in [6.45, 7) is 2.22. The number of rotatable bonds is 3. The van der Waals surface area contributed by atoms with Crippen LogP contribution in [0.2, 0.25) is 0 Å². The van der Waals surface area contributed by atoms with Crippen LogP contribution < -0.4 is 11.1 Å². The van der Waals surface area contributed by atoms with Gasteiger partial charge >= 0.3 is 0 Å². The highest BCUT2D eigenvalue weighted by molar-refractivity contribution is 5.51. The number of hydrogen-bond donors (Lipinski definition) is 3. The van der Waals surface area contributed by atoms with Gasteiger partial charge in [0.1, 0.15) is 0 Å². The molecule has 1 aromatic heterocycles. The topological polar surface area (TPSA) is 71.2 Å². The monoisotopic (exact) mass is 167 g/mol. The Kier molecular flexibility index (Phi) is 2.88. The van der Waals surface area contributed by atoms with E-state index in [1.54, 1.807) is 25.4 Å². The van der Waals surface area contributed by atoms with Crippen molar-refractivity contribution in [2.24, 2.45) is 0 Å². The number of aliphatic hydroxyl groups is 1. The van der Waals surface area contributed by atoms with Gasteiger partial charge in [-0.05, 0) is 13.0 Å². The van der Waals surface area contributed by atoms with Crippen LogP contribution in [0.5, 0.6) is 0 Å². The molecule has 0 saturated heterocycles. The summed E-state index contributed by atoms with van der Waals surface area (Å²) in [5, 5.41) is 12.0. The third kappa shape index (κ3) is 2.75. The van der Waals surface area contributed by atoms with Crippen molar-refractivity contribution in [2.45, 2.75) is 13.0 Å². The summed E-state index contributed by atoms with van der Waals surface area (Å²) in [4.78, 5) is 3.89. The summed E-state index contributed by atoms with van der Waals surface area (Å²) in [6, 6.07) is 1.77. The molecule has 0 fully saturated rings. The van der Waals surface area contributed by atoms with E-state index in [1.807, 2.05) is 0 Å². The quantitative estimate of drug-likeness (QED) is 0.611. The molecule has 1 aromatic rings. The lowest BCUT2D eigenvalue weighted by Gasteiger charge is -2.07. The van der Waals surface area contributed by atoms with Crippen LogP contribution in [0.4, 0.5) is 11.4 Å². The van der Waals surface area contributed by atoms with Gasteiger partial charge < -0.3 is 16.2 Å². The fourth-order valence-electron chi connectivity index (χ4n) is 0.820. The lowest BCUT2D eigenvalue weighted by Crippen LogP contribution is -2.15. The Labute approximate surface area is 71.4 Å². The van der Waals surface area contributed by atoms with E-state index in [4.69, 9.17) is 10.8 Å². The zero-order valence-corrected chi connectivity index (χ0v) is 6.99. The molecule has 4 nitrogen and oxygen atoms in total. The summed E-state index contributed by atoms with van der Waals surface area (Å²) < 4.78 is 0. The standard InChI is InChI=1S/C8H13N3O/c1-6(12)3-11-8-2-7(9)4-10-5-8/h2,4-6,11-12H,3,9H2,1H3. The maximum absolute atomic E-state index is 8.97. The van der Waals surface area contributed by atoms with E-state index >= 15 is 0 Å². The highest BCUT2D eigenvalue weighted by Crippen LogP contribution is 2.08. The maximum atomic E-state index is 8.97. The highest BCUT2D eigenvalue weighted by Gasteiger charge is 1.96. The molecule has 12 heavy (non-hydrogen) atoms. The van der Waals surface area contributed by atoms with Gasteiger partial charge in [0.15, 0.2) is 0 Å². The van der Waals surface area contributed by atoms with Crippen molar-refractivity contribution in [2.75, 3.05) is 17.6 Å². The fraction of sp³-hybridized carbons (Fsp3) is 0.375. The first-order chi connectivity index (χ1) is 5.68. The number of hydrogen-bond acceptors (Lipinski definition) is 4. The first kappa shape index (κ1) is 8.80. The van der Waals surface area contributed by atoms with Crippen molar-refractivity contribution >= 4 is 11.4 Å². The maximum Gasteiger partial charge on any atom is 0.0684 e. The molecule has 1 unspecified atom stereocenters. The SMILES string of the molecule is CC(O)CNc1cncc(N)c1. The smallest absolute Gasteiger partial charge is 0.0684 e. The normalized spacial score (nSPS) is 12.5. The minimum absolute atomic E-state index is 0.369. The van der Waals surface area contributed by atoms with E-state index in [1.165, 1.54) is 0 Å². The molecule has 0 amide bonds. The molecule has 4 heteroatoms. The zero-order chi connectivity index (χ0) is 8.97. The largest absolute Gasteiger partial charge is 0.397 e. The van der Waals surface area contributed by atoms with Gasteiger partial charge in [-0.25, -0.2) is 0 Å². The third-order valence-corrected chi connectivity index (χ3v) is 1.36. The van der Waals surface area contributed by atoms with Gasteiger partial charge in [0.2, 0.25) is 0 Å². The number of nitrogens with one attached hydrogen (secondary N) is 1. The number of aromatic nitrogens is 1. The molecule has 4 N–H and O–H groups in total. The molecule has 1 atom stereocenters.